The van der Waals surface area contributed by atoms with Crippen LogP contribution in [0.5, 0.6) is 0 Å². The maximum atomic E-state index is 12.8. The summed E-state index contributed by atoms with van der Waals surface area (Å²) >= 11 is 0. The van der Waals surface area contributed by atoms with Gasteiger partial charge >= 0.3 is 0 Å². The molecule has 0 aliphatic carbocycles. The molecule has 0 bridgehead atoms. The normalized spacial score (nSPS) is 13.7. The molecule has 0 amide bonds. The molecule has 4 heteroatoms. The molecule has 1 rings (SSSR count). The Balaban J connectivity index is 2.53. The summed E-state index contributed by atoms with van der Waals surface area (Å²) in [5.74, 6) is -0.228. The molecule has 0 aliphatic rings. The van der Waals surface area contributed by atoms with Gasteiger partial charge in [0.2, 0.25) is 0 Å². The van der Waals surface area contributed by atoms with E-state index in [0.717, 1.165) is 25.2 Å². The van der Waals surface area contributed by atoms with Gasteiger partial charge in [-0.1, -0.05) is 0 Å². The van der Waals surface area contributed by atoms with Gasteiger partial charge in [0.15, 0.2) is 0 Å². The van der Waals surface area contributed by atoms with Crippen molar-refractivity contribution >= 4 is 5.69 Å². The van der Waals surface area contributed by atoms with Crippen LogP contribution in [0.25, 0.3) is 0 Å². The average Bonchev–Trinajstić information content (AvgIpc) is 2.36. The van der Waals surface area contributed by atoms with Crippen LogP contribution in [0.3, 0.4) is 0 Å². The van der Waals surface area contributed by atoms with Crippen LogP contribution in [0.4, 0.5) is 10.1 Å². The van der Waals surface area contributed by atoms with Crippen molar-refractivity contribution in [1.29, 1.82) is 5.26 Å². The molecule has 0 aliphatic heterocycles. The van der Waals surface area contributed by atoms with Crippen LogP contribution in [0.15, 0.2) is 24.3 Å². The summed E-state index contributed by atoms with van der Waals surface area (Å²) in [6.07, 6.45) is 1.49. The number of nitrogens with zero attached hydrogens (tertiary/aromatic N) is 2. The van der Waals surface area contributed by atoms with E-state index in [1.54, 1.807) is 19.1 Å². The maximum Gasteiger partial charge on any atom is 0.123 e. The number of rotatable bonds is 6. The summed E-state index contributed by atoms with van der Waals surface area (Å²) in [6, 6.07) is 8.54. The van der Waals surface area contributed by atoms with E-state index in [9.17, 15) is 4.39 Å². The van der Waals surface area contributed by atoms with Crippen LogP contribution in [-0.4, -0.2) is 18.6 Å². The van der Waals surface area contributed by atoms with Crippen LogP contribution in [0.1, 0.15) is 26.7 Å². The smallest absolute Gasteiger partial charge is 0.123 e. The molecule has 0 radical (unpaired) electrons. The van der Waals surface area contributed by atoms with Crippen LogP contribution in [-0.2, 0) is 0 Å². The molecule has 0 aromatic heterocycles. The highest BCUT2D eigenvalue weighted by atomic mass is 19.1. The standard InChI is InChI=1S/C14H20FN3/c1-3-18(10-4-9-14(2,17)11-16)13-7-5-12(15)6-8-13/h5-8H,3-4,9-10,17H2,1-2H3. The molecule has 3 nitrogen and oxygen atoms in total. The predicted octanol–water partition coefficient (Wildman–Crippen LogP) is 2.67. The zero-order chi connectivity index (χ0) is 13.6. The summed E-state index contributed by atoms with van der Waals surface area (Å²) < 4.78 is 12.8. The highest BCUT2D eigenvalue weighted by molar-refractivity contribution is 5.45. The molecule has 98 valence electrons. The summed E-state index contributed by atoms with van der Waals surface area (Å²) in [7, 11) is 0. The van der Waals surface area contributed by atoms with E-state index in [1.165, 1.54) is 12.1 Å². The lowest BCUT2D eigenvalue weighted by atomic mass is 9.99. The Morgan fingerprint density at radius 2 is 2.00 bits per heavy atom. The largest absolute Gasteiger partial charge is 0.372 e. The second kappa shape index (κ2) is 6.36. The Bertz CT molecular complexity index is 406. The quantitative estimate of drug-likeness (QED) is 0.843. The van der Waals surface area contributed by atoms with Crippen LogP contribution >= 0.6 is 0 Å². The lowest BCUT2D eigenvalue weighted by molar-refractivity contribution is 0.519. The van der Waals surface area contributed by atoms with E-state index in [-0.39, 0.29) is 5.82 Å². The first-order chi connectivity index (χ1) is 8.48. The Morgan fingerprint density at radius 1 is 1.39 bits per heavy atom. The molecular weight excluding hydrogens is 229 g/mol. The van der Waals surface area contributed by atoms with E-state index in [2.05, 4.69) is 17.9 Å². The van der Waals surface area contributed by atoms with Gasteiger partial charge in [-0.3, -0.25) is 0 Å². The van der Waals surface area contributed by atoms with Crippen LogP contribution in [0, 0.1) is 17.1 Å². The minimum Gasteiger partial charge on any atom is -0.372 e. The first-order valence-electron chi connectivity index (χ1n) is 6.19. The zero-order valence-electron chi connectivity index (χ0n) is 11.0. The first kappa shape index (κ1) is 14.5. The summed E-state index contributed by atoms with van der Waals surface area (Å²) in [4.78, 5) is 2.15. The Labute approximate surface area is 108 Å². The number of hydrogen-bond acceptors (Lipinski definition) is 3. The Hall–Kier alpha value is -1.60. The Morgan fingerprint density at radius 3 is 2.50 bits per heavy atom. The zero-order valence-corrected chi connectivity index (χ0v) is 11.0. The molecule has 18 heavy (non-hydrogen) atoms. The predicted molar refractivity (Wildman–Crippen MR) is 71.7 cm³/mol. The third-order valence-electron chi connectivity index (χ3n) is 2.95. The summed E-state index contributed by atoms with van der Waals surface area (Å²) in [6.45, 7) is 5.45. The van der Waals surface area contributed by atoms with E-state index in [4.69, 9.17) is 11.0 Å². The Kier molecular flexibility index (Phi) is 5.11. The van der Waals surface area contributed by atoms with Crippen molar-refractivity contribution in [2.75, 3.05) is 18.0 Å². The van der Waals surface area contributed by atoms with Gasteiger partial charge in [-0.05, 0) is 51.0 Å². The number of nitriles is 1. The third kappa shape index (κ3) is 4.34. The molecule has 2 N–H and O–H groups in total. The van der Waals surface area contributed by atoms with E-state index >= 15 is 0 Å². The van der Waals surface area contributed by atoms with Gasteiger partial charge in [-0.2, -0.15) is 5.26 Å². The highest BCUT2D eigenvalue weighted by Crippen LogP contribution is 2.16. The van der Waals surface area contributed by atoms with Gasteiger partial charge < -0.3 is 10.6 Å². The minimum atomic E-state index is -0.762. The van der Waals surface area contributed by atoms with Gasteiger partial charge in [-0.15, -0.1) is 0 Å². The molecule has 1 aromatic rings. The van der Waals surface area contributed by atoms with Crippen molar-refractivity contribution in [3.8, 4) is 6.07 Å². The highest BCUT2D eigenvalue weighted by Gasteiger charge is 2.17. The number of nitrogens with two attached hydrogens (primary N) is 1. The molecule has 0 saturated carbocycles. The van der Waals surface area contributed by atoms with Crippen LogP contribution in [0.2, 0.25) is 0 Å². The van der Waals surface area contributed by atoms with Crippen molar-refractivity contribution in [1.82, 2.24) is 0 Å². The first-order valence-corrected chi connectivity index (χ1v) is 6.19. The molecule has 0 saturated heterocycles. The molecule has 1 aromatic carbocycles. The van der Waals surface area contributed by atoms with E-state index in [1.807, 2.05) is 0 Å². The summed E-state index contributed by atoms with van der Waals surface area (Å²) in [5.41, 5.74) is 6.01. The maximum absolute atomic E-state index is 12.8. The van der Waals surface area contributed by atoms with Crippen molar-refractivity contribution < 1.29 is 4.39 Å². The SMILES string of the molecule is CCN(CCCC(C)(N)C#N)c1ccc(F)cc1. The second-order valence-corrected chi connectivity index (χ2v) is 4.69. The molecule has 0 spiro atoms. The van der Waals surface area contributed by atoms with Gasteiger partial charge in [-0.25, -0.2) is 4.39 Å². The third-order valence-corrected chi connectivity index (χ3v) is 2.95. The minimum absolute atomic E-state index is 0.228. The van der Waals surface area contributed by atoms with Crippen molar-refractivity contribution in [3.05, 3.63) is 30.1 Å². The fraction of sp³-hybridized carbons (Fsp3) is 0.500. The molecule has 1 atom stereocenters. The topological polar surface area (TPSA) is 53.0 Å². The van der Waals surface area contributed by atoms with Crippen LogP contribution < -0.4 is 10.6 Å². The summed E-state index contributed by atoms with van der Waals surface area (Å²) in [5, 5.41) is 8.83. The van der Waals surface area contributed by atoms with Crippen molar-refractivity contribution in [3.63, 3.8) is 0 Å². The lowest BCUT2D eigenvalue weighted by Gasteiger charge is -2.24. The van der Waals surface area contributed by atoms with E-state index in [0.29, 0.717) is 6.42 Å². The second-order valence-electron chi connectivity index (χ2n) is 4.69. The van der Waals surface area contributed by atoms with Crippen molar-refractivity contribution in [2.24, 2.45) is 5.73 Å². The fourth-order valence-corrected chi connectivity index (χ4v) is 1.81. The number of benzene rings is 1. The molecule has 0 fully saturated rings. The number of halogens is 1. The van der Waals surface area contributed by atoms with Gasteiger partial charge in [0, 0.05) is 18.8 Å². The number of hydrogen-bond donors (Lipinski definition) is 1. The molecule has 0 heterocycles. The number of anilines is 1. The lowest BCUT2D eigenvalue weighted by Crippen LogP contribution is -2.35. The monoisotopic (exact) mass is 249 g/mol. The van der Waals surface area contributed by atoms with E-state index < -0.39 is 5.54 Å². The van der Waals surface area contributed by atoms with Crippen molar-refractivity contribution in [2.45, 2.75) is 32.2 Å². The average molecular weight is 249 g/mol. The fourth-order valence-electron chi connectivity index (χ4n) is 1.81. The van der Waals surface area contributed by atoms with Gasteiger partial charge in [0.05, 0.1) is 6.07 Å². The molecule has 1 unspecified atom stereocenters. The molecular formula is C14H20FN3. The van der Waals surface area contributed by atoms with Gasteiger partial charge in [0.25, 0.3) is 0 Å². The van der Waals surface area contributed by atoms with Gasteiger partial charge in [0.1, 0.15) is 11.4 Å².